The van der Waals surface area contributed by atoms with Crippen LogP contribution in [-0.4, -0.2) is 28.6 Å². The maximum atomic E-state index is 12.2. The summed E-state index contributed by atoms with van der Waals surface area (Å²) >= 11 is 0. The van der Waals surface area contributed by atoms with Gasteiger partial charge in [-0.25, -0.2) is 14.8 Å². The van der Waals surface area contributed by atoms with Crippen LogP contribution in [0.3, 0.4) is 0 Å². The van der Waals surface area contributed by atoms with Gasteiger partial charge in [0.15, 0.2) is 11.9 Å². The van der Waals surface area contributed by atoms with Crippen LogP contribution in [0.4, 0.5) is 0 Å². The number of benzene rings is 2. The summed E-state index contributed by atoms with van der Waals surface area (Å²) in [6.45, 7) is 2.90. The van der Waals surface area contributed by atoms with Crippen molar-refractivity contribution in [2.24, 2.45) is 5.92 Å². The molecule has 0 N–H and O–H groups in total. The quantitative estimate of drug-likeness (QED) is 0.157. The van der Waals surface area contributed by atoms with Crippen LogP contribution in [0.5, 0.6) is 5.75 Å². The summed E-state index contributed by atoms with van der Waals surface area (Å²) in [6, 6.07) is 14.2. The maximum Gasteiger partial charge on any atom is 0.340 e. The minimum atomic E-state index is -0.439. The summed E-state index contributed by atoms with van der Waals surface area (Å²) in [7, 11) is 0. The van der Waals surface area contributed by atoms with Gasteiger partial charge in [0.2, 0.25) is 0 Å². The number of nitrogens with zero attached hydrogens (tertiary/aromatic N) is 2. The molecule has 2 heterocycles. The number of esters is 1. The molecule has 1 fully saturated rings. The summed E-state index contributed by atoms with van der Waals surface area (Å²) in [5.74, 6) is 1.75. The van der Waals surface area contributed by atoms with Gasteiger partial charge in [0.25, 0.3) is 0 Å². The fraction of sp³-hybridized carbons (Fsp3) is 0.469. The van der Waals surface area contributed by atoms with E-state index in [0.717, 1.165) is 41.3 Å². The third kappa shape index (κ3) is 6.64. The molecule has 2 atom stereocenters. The summed E-state index contributed by atoms with van der Waals surface area (Å²) < 4.78 is 10.9. The van der Waals surface area contributed by atoms with Crippen molar-refractivity contribution in [1.29, 1.82) is 0 Å². The molecule has 0 amide bonds. The Kier molecular flexibility index (Phi) is 8.62. The molecule has 1 aliphatic carbocycles. The van der Waals surface area contributed by atoms with Crippen LogP contribution in [0.2, 0.25) is 0 Å². The summed E-state index contributed by atoms with van der Waals surface area (Å²) in [4.78, 5) is 21.5. The Balaban J connectivity index is 1.15. The van der Waals surface area contributed by atoms with E-state index in [9.17, 15) is 4.79 Å². The third-order valence-electron chi connectivity index (χ3n) is 7.70. The number of carbonyl (C=O) groups is 1. The highest BCUT2D eigenvalue weighted by Crippen LogP contribution is 2.33. The number of aromatic nitrogens is 2. The number of hydrogen-bond acceptors (Lipinski definition) is 5. The fourth-order valence-electron chi connectivity index (χ4n) is 5.55. The van der Waals surface area contributed by atoms with Crippen LogP contribution in [-0.2, 0) is 22.4 Å². The largest absolute Gasteiger partial charge is 0.425 e. The predicted octanol–water partition coefficient (Wildman–Crippen LogP) is 7.36. The number of rotatable bonds is 11. The smallest absolute Gasteiger partial charge is 0.340 e. The van der Waals surface area contributed by atoms with Gasteiger partial charge in [-0.2, -0.15) is 0 Å². The molecule has 5 rings (SSSR count). The van der Waals surface area contributed by atoms with Crippen molar-refractivity contribution in [3.63, 3.8) is 0 Å². The summed E-state index contributed by atoms with van der Waals surface area (Å²) in [6.07, 6.45) is 16.9. The normalized spacial score (nSPS) is 18.6. The van der Waals surface area contributed by atoms with Gasteiger partial charge in [-0.15, -0.1) is 0 Å². The number of fused-ring (bicyclic) bond motifs is 1. The molecule has 0 spiro atoms. The van der Waals surface area contributed by atoms with E-state index in [2.05, 4.69) is 35.1 Å². The molecule has 1 aliphatic heterocycles. The van der Waals surface area contributed by atoms with Crippen molar-refractivity contribution in [3.8, 4) is 28.3 Å². The second kappa shape index (κ2) is 12.5. The first-order chi connectivity index (χ1) is 18.2. The molecule has 3 aromatic rings. The maximum absolute atomic E-state index is 12.2. The Morgan fingerprint density at radius 3 is 2.38 bits per heavy atom. The fourth-order valence-corrected chi connectivity index (χ4v) is 5.55. The topological polar surface area (TPSA) is 61.3 Å². The first-order valence-corrected chi connectivity index (χ1v) is 14.1. The average molecular weight is 499 g/mol. The second-order valence-electron chi connectivity index (χ2n) is 10.6. The number of ether oxygens (including phenoxy) is 2. The zero-order valence-corrected chi connectivity index (χ0v) is 22.0. The highest BCUT2D eigenvalue weighted by Gasteiger charge is 2.25. The molecule has 0 saturated carbocycles. The number of carbonyl (C=O) groups excluding carboxylic acids is 1. The van der Waals surface area contributed by atoms with E-state index in [1.807, 2.05) is 24.5 Å². The van der Waals surface area contributed by atoms with Gasteiger partial charge in [-0.1, -0.05) is 69.7 Å². The van der Waals surface area contributed by atoms with Gasteiger partial charge in [-0.3, -0.25) is 0 Å². The lowest BCUT2D eigenvalue weighted by molar-refractivity contribution is -0.144. The van der Waals surface area contributed by atoms with Crippen LogP contribution >= 0.6 is 0 Å². The number of unbranched alkanes of at least 4 members (excludes halogenated alkanes) is 5. The lowest BCUT2D eigenvalue weighted by Crippen LogP contribution is -2.24. The molecular weight excluding hydrogens is 460 g/mol. The first kappa shape index (κ1) is 25.6. The van der Waals surface area contributed by atoms with Gasteiger partial charge in [0.1, 0.15) is 5.75 Å². The third-order valence-corrected chi connectivity index (χ3v) is 7.70. The van der Waals surface area contributed by atoms with Crippen molar-refractivity contribution in [2.75, 3.05) is 6.61 Å². The van der Waals surface area contributed by atoms with Gasteiger partial charge in [0, 0.05) is 30.1 Å². The lowest BCUT2D eigenvalue weighted by atomic mass is 9.97. The van der Waals surface area contributed by atoms with Crippen molar-refractivity contribution in [1.82, 2.24) is 9.97 Å². The summed E-state index contributed by atoms with van der Waals surface area (Å²) in [5, 5.41) is 0. The average Bonchev–Trinajstić information content (AvgIpc) is 3.61. The Hall–Kier alpha value is -3.05. The molecule has 2 aromatic carbocycles. The molecule has 2 unspecified atom stereocenters. The van der Waals surface area contributed by atoms with Crippen LogP contribution in [0, 0.1) is 5.92 Å². The minimum Gasteiger partial charge on any atom is -0.425 e. The van der Waals surface area contributed by atoms with Gasteiger partial charge >= 0.3 is 5.97 Å². The molecule has 2 aliphatic rings. The van der Waals surface area contributed by atoms with Crippen molar-refractivity contribution in [2.45, 2.75) is 83.7 Å². The molecule has 1 saturated heterocycles. The van der Waals surface area contributed by atoms with E-state index in [1.54, 1.807) is 12.1 Å². The highest BCUT2D eigenvalue weighted by atomic mass is 16.6. The molecule has 5 heteroatoms. The van der Waals surface area contributed by atoms with E-state index in [-0.39, 0.29) is 5.97 Å². The minimum absolute atomic E-state index is 0.319. The Labute approximate surface area is 220 Å². The molecular formula is C32H38N2O3. The Morgan fingerprint density at radius 1 is 0.892 bits per heavy atom. The van der Waals surface area contributed by atoms with Gasteiger partial charge < -0.3 is 9.47 Å². The SMILES string of the molecule is CCCCCCCCC1Cc2ccc(-c3ncc(-c4ccc(OC(=O)C5CCCO5)cc4)cn3)cc2C1. The van der Waals surface area contributed by atoms with E-state index in [4.69, 9.17) is 9.47 Å². The van der Waals surface area contributed by atoms with E-state index in [0.29, 0.717) is 12.4 Å². The standard InChI is InChI=1S/C32H38N2O3/c1-2-3-4-5-6-7-9-23-18-25-11-12-26(20-27(25)19-23)31-33-21-28(22-34-31)24-13-15-29(16-14-24)37-32(35)30-10-8-17-36-30/h11-16,20-23,30H,2-10,17-19H2,1H3. The van der Waals surface area contributed by atoms with E-state index < -0.39 is 6.10 Å². The Morgan fingerprint density at radius 2 is 1.62 bits per heavy atom. The zero-order valence-electron chi connectivity index (χ0n) is 22.0. The highest BCUT2D eigenvalue weighted by molar-refractivity contribution is 5.77. The van der Waals surface area contributed by atoms with Crippen LogP contribution in [0.25, 0.3) is 22.5 Å². The summed E-state index contributed by atoms with van der Waals surface area (Å²) in [5.41, 5.74) is 5.96. The van der Waals surface area contributed by atoms with E-state index >= 15 is 0 Å². The zero-order chi connectivity index (χ0) is 25.5. The molecule has 37 heavy (non-hydrogen) atoms. The molecule has 194 valence electrons. The van der Waals surface area contributed by atoms with Crippen LogP contribution < -0.4 is 4.74 Å². The molecule has 5 nitrogen and oxygen atoms in total. The van der Waals surface area contributed by atoms with Crippen molar-refractivity contribution in [3.05, 3.63) is 66.0 Å². The van der Waals surface area contributed by atoms with Crippen LogP contribution in [0.15, 0.2) is 54.9 Å². The second-order valence-corrected chi connectivity index (χ2v) is 10.6. The van der Waals surface area contributed by atoms with Crippen molar-refractivity contribution < 1.29 is 14.3 Å². The molecule has 0 radical (unpaired) electrons. The van der Waals surface area contributed by atoms with Gasteiger partial charge in [-0.05, 0) is 72.9 Å². The monoisotopic (exact) mass is 498 g/mol. The Bertz CT molecular complexity index is 1170. The lowest BCUT2D eigenvalue weighted by Gasteiger charge is -2.10. The van der Waals surface area contributed by atoms with Gasteiger partial charge in [0.05, 0.1) is 0 Å². The van der Waals surface area contributed by atoms with Crippen molar-refractivity contribution >= 4 is 5.97 Å². The first-order valence-electron chi connectivity index (χ1n) is 14.1. The van der Waals surface area contributed by atoms with Crippen LogP contribution in [0.1, 0.15) is 75.8 Å². The molecule has 0 bridgehead atoms. The molecule has 1 aromatic heterocycles. The number of hydrogen-bond donors (Lipinski definition) is 0. The van der Waals surface area contributed by atoms with E-state index in [1.165, 1.54) is 68.9 Å². The predicted molar refractivity (Wildman–Crippen MR) is 146 cm³/mol.